The third-order valence-corrected chi connectivity index (χ3v) is 3.11. The van der Waals surface area contributed by atoms with E-state index in [0.717, 1.165) is 12.5 Å². The van der Waals surface area contributed by atoms with E-state index < -0.39 is 23.3 Å². The van der Waals surface area contributed by atoms with Crippen molar-refractivity contribution in [3.05, 3.63) is 35.4 Å². The van der Waals surface area contributed by atoms with Crippen LogP contribution >= 0.6 is 0 Å². The molecule has 4 heteroatoms. The van der Waals surface area contributed by atoms with Crippen LogP contribution in [0.3, 0.4) is 0 Å². The minimum atomic E-state index is -1.06. The molecule has 82 valence electrons. The number of nitrogens with two attached hydrogens (primary N) is 1. The first kappa shape index (κ1) is 10.5. The molecule has 0 aliphatic heterocycles. The van der Waals surface area contributed by atoms with Crippen molar-refractivity contribution in [3.8, 4) is 0 Å². The van der Waals surface area contributed by atoms with Gasteiger partial charge in [-0.3, -0.25) is 0 Å². The normalized spacial score (nSPS) is 20.8. The molecule has 15 heavy (non-hydrogen) atoms. The van der Waals surface area contributed by atoms with E-state index in [1.807, 2.05) is 0 Å². The average Bonchev–Trinajstić information content (AvgIpc) is 2.18. The van der Waals surface area contributed by atoms with Gasteiger partial charge in [0.15, 0.2) is 11.6 Å². The molecule has 0 bridgehead atoms. The lowest BCUT2D eigenvalue weighted by Crippen LogP contribution is -2.47. The monoisotopic (exact) mass is 213 g/mol. The Morgan fingerprint density at radius 2 is 2.00 bits per heavy atom. The lowest BCUT2D eigenvalue weighted by molar-refractivity contribution is -0.0568. The van der Waals surface area contributed by atoms with E-state index in [0.29, 0.717) is 12.8 Å². The minimum absolute atomic E-state index is 0.0530. The molecule has 0 spiro atoms. The van der Waals surface area contributed by atoms with Crippen LogP contribution in [0.15, 0.2) is 18.2 Å². The highest BCUT2D eigenvalue weighted by molar-refractivity contribution is 5.25. The van der Waals surface area contributed by atoms with Crippen LogP contribution in [0.5, 0.6) is 0 Å². The molecule has 0 radical (unpaired) electrons. The fraction of sp³-hybridized carbons (Fsp3) is 0.455. The second-order valence-electron chi connectivity index (χ2n) is 4.08. The van der Waals surface area contributed by atoms with Gasteiger partial charge in [-0.1, -0.05) is 12.1 Å². The van der Waals surface area contributed by atoms with Gasteiger partial charge >= 0.3 is 0 Å². The Bertz CT molecular complexity index is 377. The van der Waals surface area contributed by atoms with Crippen molar-refractivity contribution in [2.45, 2.75) is 30.9 Å². The molecule has 1 fully saturated rings. The topological polar surface area (TPSA) is 46.2 Å². The first-order valence-electron chi connectivity index (χ1n) is 4.96. The largest absolute Gasteiger partial charge is 0.388 e. The van der Waals surface area contributed by atoms with Gasteiger partial charge in [-0.2, -0.15) is 0 Å². The average molecular weight is 213 g/mol. The van der Waals surface area contributed by atoms with Crippen LogP contribution in [0.2, 0.25) is 0 Å². The second-order valence-corrected chi connectivity index (χ2v) is 4.08. The molecular weight excluding hydrogens is 200 g/mol. The Morgan fingerprint density at radius 3 is 2.53 bits per heavy atom. The molecule has 1 aromatic carbocycles. The quantitative estimate of drug-likeness (QED) is 0.787. The van der Waals surface area contributed by atoms with Crippen LogP contribution < -0.4 is 5.73 Å². The summed E-state index contributed by atoms with van der Waals surface area (Å²) in [7, 11) is 0. The molecular formula is C11H13F2NO. The van der Waals surface area contributed by atoms with E-state index >= 15 is 0 Å². The molecule has 2 rings (SSSR count). The number of hydrogen-bond acceptors (Lipinski definition) is 2. The van der Waals surface area contributed by atoms with Crippen LogP contribution in [0, 0.1) is 11.6 Å². The molecule has 1 aliphatic carbocycles. The molecule has 0 saturated heterocycles. The molecule has 0 amide bonds. The highest BCUT2D eigenvalue weighted by Crippen LogP contribution is 2.41. The van der Waals surface area contributed by atoms with Gasteiger partial charge in [0.05, 0.1) is 11.6 Å². The molecule has 3 N–H and O–H groups in total. The van der Waals surface area contributed by atoms with Crippen molar-refractivity contribution >= 4 is 0 Å². The molecule has 1 aromatic rings. The van der Waals surface area contributed by atoms with Crippen molar-refractivity contribution in [2.75, 3.05) is 0 Å². The molecule has 2 nitrogen and oxygen atoms in total. The zero-order valence-electron chi connectivity index (χ0n) is 8.21. The van der Waals surface area contributed by atoms with Gasteiger partial charge < -0.3 is 10.8 Å². The minimum Gasteiger partial charge on any atom is -0.388 e. The van der Waals surface area contributed by atoms with Crippen LogP contribution in [0.25, 0.3) is 0 Å². The van der Waals surface area contributed by atoms with Gasteiger partial charge in [-0.25, -0.2) is 8.78 Å². The van der Waals surface area contributed by atoms with E-state index in [2.05, 4.69) is 0 Å². The fourth-order valence-electron chi connectivity index (χ4n) is 1.90. The summed E-state index contributed by atoms with van der Waals surface area (Å²) < 4.78 is 26.3. The molecule has 1 aliphatic rings. The maximum Gasteiger partial charge on any atom is 0.163 e. The van der Waals surface area contributed by atoms with E-state index in [-0.39, 0.29) is 5.56 Å². The van der Waals surface area contributed by atoms with Crippen LogP contribution in [-0.2, 0) is 0 Å². The third-order valence-electron chi connectivity index (χ3n) is 3.11. The van der Waals surface area contributed by atoms with Crippen LogP contribution in [-0.4, -0.2) is 10.7 Å². The molecule has 1 atom stereocenters. The Morgan fingerprint density at radius 1 is 1.33 bits per heavy atom. The maximum absolute atomic E-state index is 13.4. The second kappa shape index (κ2) is 3.54. The highest BCUT2D eigenvalue weighted by Gasteiger charge is 2.42. The number of rotatable bonds is 2. The van der Waals surface area contributed by atoms with Crippen molar-refractivity contribution in [1.82, 2.24) is 0 Å². The molecule has 1 saturated carbocycles. The Balaban J connectivity index is 2.33. The summed E-state index contributed by atoms with van der Waals surface area (Å²) in [5.74, 6) is -1.88. The van der Waals surface area contributed by atoms with E-state index in [4.69, 9.17) is 5.73 Å². The summed E-state index contributed by atoms with van der Waals surface area (Å²) in [6, 6.07) is 3.01. The van der Waals surface area contributed by atoms with Crippen LogP contribution in [0.1, 0.15) is 30.9 Å². The van der Waals surface area contributed by atoms with Gasteiger partial charge in [-0.05, 0) is 25.3 Å². The molecule has 0 aromatic heterocycles. The predicted octanol–water partition coefficient (Wildman–Crippen LogP) is 1.88. The fourth-order valence-corrected chi connectivity index (χ4v) is 1.90. The van der Waals surface area contributed by atoms with Crippen molar-refractivity contribution in [1.29, 1.82) is 0 Å². The Hall–Kier alpha value is -1.00. The summed E-state index contributed by atoms with van der Waals surface area (Å²) in [6.07, 6.45) is 1.97. The number of hydrogen-bond donors (Lipinski definition) is 2. The lowest BCUT2D eigenvalue weighted by Gasteiger charge is -2.41. The van der Waals surface area contributed by atoms with Gasteiger partial charge in [0.1, 0.15) is 0 Å². The number of halogens is 2. The Kier molecular flexibility index (Phi) is 2.48. The van der Waals surface area contributed by atoms with Crippen molar-refractivity contribution < 1.29 is 13.9 Å². The van der Waals surface area contributed by atoms with Gasteiger partial charge in [-0.15, -0.1) is 0 Å². The number of aliphatic hydroxyl groups is 1. The van der Waals surface area contributed by atoms with Gasteiger partial charge in [0, 0.05) is 5.56 Å². The summed E-state index contributed by atoms with van der Waals surface area (Å²) >= 11 is 0. The Labute approximate surface area is 86.7 Å². The predicted molar refractivity (Wildman–Crippen MR) is 52.1 cm³/mol. The first-order valence-corrected chi connectivity index (χ1v) is 4.96. The zero-order chi connectivity index (χ0) is 11.1. The summed E-state index contributed by atoms with van der Waals surface area (Å²) in [5, 5.41) is 9.93. The smallest absolute Gasteiger partial charge is 0.163 e. The SMILES string of the molecule is NC(c1cccc(F)c1F)C1(O)CCC1. The van der Waals surface area contributed by atoms with E-state index in [9.17, 15) is 13.9 Å². The number of benzene rings is 1. The first-order chi connectivity index (χ1) is 7.04. The molecule has 0 heterocycles. The third kappa shape index (κ3) is 1.64. The summed E-state index contributed by atoms with van der Waals surface area (Å²) in [4.78, 5) is 0. The zero-order valence-corrected chi connectivity index (χ0v) is 8.21. The van der Waals surface area contributed by atoms with Crippen molar-refractivity contribution in [3.63, 3.8) is 0 Å². The van der Waals surface area contributed by atoms with E-state index in [1.54, 1.807) is 0 Å². The highest BCUT2D eigenvalue weighted by atomic mass is 19.2. The van der Waals surface area contributed by atoms with Gasteiger partial charge in [0.25, 0.3) is 0 Å². The summed E-state index contributed by atoms with van der Waals surface area (Å²) in [5.41, 5.74) is 4.74. The lowest BCUT2D eigenvalue weighted by atomic mass is 9.73. The van der Waals surface area contributed by atoms with Crippen molar-refractivity contribution in [2.24, 2.45) is 5.73 Å². The van der Waals surface area contributed by atoms with Crippen LogP contribution in [0.4, 0.5) is 8.78 Å². The molecule has 1 unspecified atom stereocenters. The van der Waals surface area contributed by atoms with E-state index in [1.165, 1.54) is 12.1 Å². The maximum atomic E-state index is 13.4. The standard InChI is InChI=1S/C11H13F2NO/c12-8-4-1-3-7(9(8)13)10(14)11(15)5-2-6-11/h1,3-4,10,15H,2,5-6,14H2. The summed E-state index contributed by atoms with van der Waals surface area (Å²) in [6.45, 7) is 0. The van der Waals surface area contributed by atoms with Gasteiger partial charge in [0.2, 0.25) is 0 Å².